The van der Waals surface area contributed by atoms with Gasteiger partial charge in [-0.25, -0.2) is 0 Å². The Balaban J connectivity index is 0.00000364. The largest absolute Gasteiger partial charge is 0.378 e. The van der Waals surface area contributed by atoms with Gasteiger partial charge < -0.3 is 19.5 Å². The predicted molar refractivity (Wildman–Crippen MR) is 120 cm³/mol. The molecule has 0 bridgehead atoms. The van der Waals surface area contributed by atoms with Gasteiger partial charge >= 0.3 is 0 Å². The number of aromatic nitrogens is 1. The summed E-state index contributed by atoms with van der Waals surface area (Å²) in [7, 11) is 0. The second-order valence-electron chi connectivity index (χ2n) is 7.02. The molecule has 1 unspecified atom stereocenters. The number of aliphatic imine (C=N–C) groups is 1. The molecule has 8 heteroatoms. The first-order chi connectivity index (χ1) is 12.6. The Bertz CT molecular complexity index is 516. The van der Waals surface area contributed by atoms with Gasteiger partial charge in [0, 0.05) is 58.5 Å². The number of rotatable bonds is 9. The minimum Gasteiger partial charge on any atom is -0.378 e. The van der Waals surface area contributed by atoms with Crippen molar-refractivity contribution in [1.82, 2.24) is 20.3 Å². The van der Waals surface area contributed by atoms with E-state index in [0.717, 1.165) is 70.5 Å². The Morgan fingerprint density at radius 1 is 1.30 bits per heavy atom. The van der Waals surface area contributed by atoms with Crippen molar-refractivity contribution >= 4 is 29.9 Å². The number of ether oxygens (including phenoxy) is 1. The number of guanidine groups is 1. The molecule has 1 atom stereocenters. The first-order valence-electron chi connectivity index (χ1n) is 9.90. The van der Waals surface area contributed by atoms with Gasteiger partial charge in [-0.05, 0) is 26.2 Å². The number of halogens is 1. The molecule has 1 aliphatic heterocycles. The third-order valence-electron chi connectivity index (χ3n) is 4.68. The van der Waals surface area contributed by atoms with Crippen molar-refractivity contribution < 1.29 is 9.26 Å². The van der Waals surface area contributed by atoms with Crippen LogP contribution in [0.2, 0.25) is 0 Å². The molecular formula is C19H36IN5O2. The normalized spacial score (nSPS) is 17.1. The molecule has 1 aliphatic rings. The van der Waals surface area contributed by atoms with E-state index >= 15 is 0 Å². The molecule has 0 amide bonds. The van der Waals surface area contributed by atoms with Gasteiger partial charge in [-0.2, -0.15) is 0 Å². The molecule has 1 aromatic heterocycles. The van der Waals surface area contributed by atoms with Crippen molar-refractivity contribution in [3.05, 3.63) is 18.0 Å². The lowest BCUT2D eigenvalue weighted by molar-refractivity contribution is 0.0266. The fraction of sp³-hybridized carbons (Fsp3) is 0.789. The summed E-state index contributed by atoms with van der Waals surface area (Å²) >= 11 is 0. The lowest BCUT2D eigenvalue weighted by atomic mass is 10.0. The Labute approximate surface area is 180 Å². The number of hydrogen-bond donors (Lipinski definition) is 1. The van der Waals surface area contributed by atoms with Crippen LogP contribution in [0.3, 0.4) is 0 Å². The molecule has 0 aliphatic carbocycles. The Hall–Kier alpha value is -0.870. The molecule has 1 N–H and O–H groups in total. The van der Waals surface area contributed by atoms with Crippen molar-refractivity contribution in [3.63, 3.8) is 0 Å². The zero-order chi connectivity index (χ0) is 18.8. The number of hydrogen-bond acceptors (Lipinski definition) is 5. The van der Waals surface area contributed by atoms with Crippen LogP contribution in [0.5, 0.6) is 0 Å². The first kappa shape index (κ1) is 24.2. The van der Waals surface area contributed by atoms with Crippen LogP contribution >= 0.6 is 24.0 Å². The molecule has 2 heterocycles. The number of nitrogens with one attached hydrogen (secondary N) is 1. The van der Waals surface area contributed by atoms with Crippen molar-refractivity contribution in [2.24, 2.45) is 10.9 Å². The third kappa shape index (κ3) is 8.35. The summed E-state index contributed by atoms with van der Waals surface area (Å²) in [5, 5.41) is 7.44. The highest BCUT2D eigenvalue weighted by Gasteiger charge is 2.20. The lowest BCUT2D eigenvalue weighted by Crippen LogP contribution is -2.52. The summed E-state index contributed by atoms with van der Waals surface area (Å²) in [5.74, 6) is 1.54. The fourth-order valence-corrected chi connectivity index (χ4v) is 3.21. The summed E-state index contributed by atoms with van der Waals surface area (Å²) in [5.41, 5.74) is 0.995. The molecule has 0 radical (unpaired) electrons. The molecule has 7 nitrogen and oxygen atoms in total. The number of piperazine rings is 1. The van der Waals surface area contributed by atoms with Crippen LogP contribution in [-0.4, -0.2) is 72.9 Å². The van der Waals surface area contributed by atoms with E-state index in [1.54, 1.807) is 6.26 Å². The average molecular weight is 493 g/mol. The number of nitrogens with zero attached hydrogens (tertiary/aromatic N) is 4. The Morgan fingerprint density at radius 2 is 2.04 bits per heavy atom. The van der Waals surface area contributed by atoms with Gasteiger partial charge in [0.05, 0.1) is 11.8 Å². The highest BCUT2D eigenvalue weighted by Crippen LogP contribution is 2.11. The SMILES string of the molecule is CCNC(=NCCC(OCC)C(C)C)N1CCN(Cc2ccon2)CC1.I. The van der Waals surface area contributed by atoms with Crippen LogP contribution in [0.1, 0.15) is 39.8 Å². The standard InChI is InChI=1S/C19H35N5O2.HI/c1-5-20-19(21-9-7-18(16(3)4)25-6-2)24-12-10-23(11-13-24)15-17-8-14-26-22-17;/h8,14,16,18H,5-7,9-13,15H2,1-4H3,(H,20,21);1H. The Kier molecular flexibility index (Phi) is 11.9. The van der Waals surface area contributed by atoms with Gasteiger partial charge in [0.2, 0.25) is 0 Å². The van der Waals surface area contributed by atoms with Crippen molar-refractivity contribution in [1.29, 1.82) is 0 Å². The van der Waals surface area contributed by atoms with E-state index in [1.165, 1.54) is 0 Å². The molecule has 1 aromatic rings. The highest BCUT2D eigenvalue weighted by molar-refractivity contribution is 14.0. The maximum atomic E-state index is 5.83. The topological polar surface area (TPSA) is 66.1 Å². The molecule has 1 fully saturated rings. The van der Waals surface area contributed by atoms with Crippen molar-refractivity contribution in [2.45, 2.75) is 46.8 Å². The summed E-state index contributed by atoms with van der Waals surface area (Å²) in [6.07, 6.45) is 2.88. The molecular weight excluding hydrogens is 457 g/mol. The van der Waals surface area contributed by atoms with Crippen molar-refractivity contribution in [2.75, 3.05) is 45.9 Å². The maximum Gasteiger partial charge on any atom is 0.194 e. The zero-order valence-electron chi connectivity index (χ0n) is 17.2. The third-order valence-corrected chi connectivity index (χ3v) is 4.68. The molecule has 156 valence electrons. The van der Waals surface area contributed by atoms with E-state index in [1.807, 2.05) is 6.07 Å². The summed E-state index contributed by atoms with van der Waals surface area (Å²) in [4.78, 5) is 9.61. The van der Waals surface area contributed by atoms with Crippen LogP contribution in [0.15, 0.2) is 21.8 Å². The van der Waals surface area contributed by atoms with Crippen LogP contribution < -0.4 is 5.32 Å². The molecule has 2 rings (SSSR count). The van der Waals surface area contributed by atoms with E-state index in [9.17, 15) is 0 Å². The highest BCUT2D eigenvalue weighted by atomic mass is 127. The van der Waals surface area contributed by atoms with Crippen LogP contribution in [0.25, 0.3) is 0 Å². The quantitative estimate of drug-likeness (QED) is 0.324. The van der Waals surface area contributed by atoms with E-state index in [0.29, 0.717) is 5.92 Å². The molecule has 27 heavy (non-hydrogen) atoms. The van der Waals surface area contributed by atoms with E-state index in [-0.39, 0.29) is 30.1 Å². The van der Waals surface area contributed by atoms with E-state index in [2.05, 4.69) is 48.0 Å². The van der Waals surface area contributed by atoms with Crippen LogP contribution in [0.4, 0.5) is 0 Å². The van der Waals surface area contributed by atoms with Crippen LogP contribution in [-0.2, 0) is 11.3 Å². The second-order valence-corrected chi connectivity index (χ2v) is 7.02. The van der Waals surface area contributed by atoms with E-state index in [4.69, 9.17) is 14.3 Å². The first-order valence-corrected chi connectivity index (χ1v) is 9.90. The van der Waals surface area contributed by atoms with E-state index < -0.39 is 0 Å². The Morgan fingerprint density at radius 3 is 2.59 bits per heavy atom. The minimum absolute atomic E-state index is 0. The zero-order valence-corrected chi connectivity index (χ0v) is 19.5. The fourth-order valence-electron chi connectivity index (χ4n) is 3.21. The summed E-state index contributed by atoms with van der Waals surface area (Å²) < 4.78 is 10.7. The monoisotopic (exact) mass is 493 g/mol. The average Bonchev–Trinajstić information content (AvgIpc) is 3.14. The molecule has 0 spiro atoms. The van der Waals surface area contributed by atoms with Gasteiger partial charge in [-0.1, -0.05) is 19.0 Å². The van der Waals surface area contributed by atoms with Gasteiger partial charge in [0.25, 0.3) is 0 Å². The minimum atomic E-state index is 0. The van der Waals surface area contributed by atoms with Gasteiger partial charge in [-0.3, -0.25) is 9.89 Å². The molecule has 0 saturated carbocycles. The lowest BCUT2D eigenvalue weighted by Gasteiger charge is -2.36. The van der Waals surface area contributed by atoms with Gasteiger partial charge in [0.1, 0.15) is 6.26 Å². The van der Waals surface area contributed by atoms with Gasteiger partial charge in [-0.15, -0.1) is 24.0 Å². The van der Waals surface area contributed by atoms with Gasteiger partial charge in [0.15, 0.2) is 5.96 Å². The van der Waals surface area contributed by atoms with Crippen molar-refractivity contribution in [3.8, 4) is 0 Å². The molecule has 0 aromatic carbocycles. The summed E-state index contributed by atoms with van der Waals surface area (Å²) in [6, 6.07) is 1.93. The molecule has 1 saturated heterocycles. The predicted octanol–water partition coefficient (Wildman–Crippen LogP) is 2.83. The smallest absolute Gasteiger partial charge is 0.194 e. The summed E-state index contributed by atoms with van der Waals surface area (Å²) in [6.45, 7) is 15.9. The van der Waals surface area contributed by atoms with Crippen LogP contribution in [0, 0.1) is 5.92 Å². The maximum absolute atomic E-state index is 5.83. The second kappa shape index (κ2) is 13.3.